The number of hydrogen-bond acceptors (Lipinski definition) is 6. The third-order valence-electron chi connectivity index (χ3n) is 4.22. The smallest absolute Gasteiger partial charge is 0.229 e. The van der Waals surface area contributed by atoms with Crippen LogP contribution >= 0.6 is 0 Å². The molecule has 0 aliphatic rings. The summed E-state index contributed by atoms with van der Waals surface area (Å²) in [6.07, 6.45) is 5.23. The number of nitrogens with one attached hydrogen (secondary N) is 2. The highest BCUT2D eigenvalue weighted by atomic mass is 15.3. The Kier molecular flexibility index (Phi) is 3.96. The summed E-state index contributed by atoms with van der Waals surface area (Å²) in [6, 6.07) is 9.97. The van der Waals surface area contributed by atoms with Gasteiger partial charge in [-0.05, 0) is 37.1 Å². The largest absolute Gasteiger partial charge is 0.338 e. The lowest BCUT2D eigenvalue weighted by molar-refractivity contribution is 0.789. The van der Waals surface area contributed by atoms with Gasteiger partial charge in [-0.3, -0.25) is 4.98 Å². The summed E-state index contributed by atoms with van der Waals surface area (Å²) in [4.78, 5) is 13.1. The molecule has 0 radical (unpaired) electrons. The predicted octanol–water partition coefficient (Wildman–Crippen LogP) is 3.86. The first kappa shape index (κ1) is 16.0. The van der Waals surface area contributed by atoms with Crippen molar-refractivity contribution >= 4 is 34.2 Å². The molecule has 0 fully saturated rings. The van der Waals surface area contributed by atoms with Crippen LogP contribution in [0.4, 0.5) is 23.1 Å². The lowest BCUT2D eigenvalue weighted by Crippen LogP contribution is -1.99. The van der Waals surface area contributed by atoms with E-state index in [0.717, 1.165) is 28.2 Å². The molecule has 1 aromatic carbocycles. The number of fused-ring (bicyclic) bond motifs is 1. The van der Waals surface area contributed by atoms with Crippen LogP contribution in [0.15, 0.2) is 48.9 Å². The highest BCUT2D eigenvalue weighted by Crippen LogP contribution is 2.28. The average Bonchev–Trinajstić information content (AvgIpc) is 2.95. The summed E-state index contributed by atoms with van der Waals surface area (Å²) in [7, 11) is 1.87. The van der Waals surface area contributed by atoms with Gasteiger partial charge in [0, 0.05) is 25.1 Å². The van der Waals surface area contributed by atoms with Crippen molar-refractivity contribution in [3.63, 3.8) is 0 Å². The van der Waals surface area contributed by atoms with Crippen LogP contribution in [-0.2, 0) is 7.05 Å². The Hall–Kier alpha value is -3.48. The Labute approximate surface area is 151 Å². The Balaban J connectivity index is 1.70. The maximum atomic E-state index is 4.59. The first-order valence-electron chi connectivity index (χ1n) is 8.32. The molecule has 4 rings (SSSR count). The number of anilines is 4. The van der Waals surface area contributed by atoms with Crippen LogP contribution in [0.25, 0.3) is 11.0 Å². The van der Waals surface area contributed by atoms with Gasteiger partial charge in [0.1, 0.15) is 0 Å². The number of aromatic nitrogens is 5. The molecule has 26 heavy (non-hydrogen) atoms. The topological polar surface area (TPSA) is 80.5 Å². The van der Waals surface area contributed by atoms with Gasteiger partial charge in [0.25, 0.3) is 0 Å². The molecule has 2 N–H and O–H groups in total. The van der Waals surface area contributed by atoms with E-state index in [1.807, 2.05) is 25.2 Å². The van der Waals surface area contributed by atoms with Crippen molar-refractivity contribution in [3.05, 3.63) is 60.0 Å². The quantitative estimate of drug-likeness (QED) is 0.584. The van der Waals surface area contributed by atoms with Crippen LogP contribution in [-0.4, -0.2) is 24.7 Å². The van der Waals surface area contributed by atoms with Crippen molar-refractivity contribution in [1.82, 2.24) is 24.7 Å². The Morgan fingerprint density at radius 2 is 1.77 bits per heavy atom. The van der Waals surface area contributed by atoms with E-state index in [1.165, 1.54) is 11.1 Å². The lowest BCUT2D eigenvalue weighted by atomic mass is 10.1. The number of nitrogens with zero attached hydrogens (tertiary/aromatic N) is 5. The molecular weight excluding hydrogens is 326 g/mol. The molecular formula is C19H19N7. The van der Waals surface area contributed by atoms with Crippen LogP contribution in [0.3, 0.4) is 0 Å². The second-order valence-corrected chi connectivity index (χ2v) is 6.16. The fraction of sp³-hybridized carbons (Fsp3) is 0.158. The molecule has 0 amide bonds. The molecule has 0 bridgehead atoms. The first-order valence-corrected chi connectivity index (χ1v) is 8.32. The van der Waals surface area contributed by atoms with Crippen LogP contribution in [0, 0.1) is 13.8 Å². The van der Waals surface area contributed by atoms with Gasteiger partial charge in [0.15, 0.2) is 11.5 Å². The van der Waals surface area contributed by atoms with Gasteiger partial charge < -0.3 is 10.6 Å². The minimum atomic E-state index is 0.507. The summed E-state index contributed by atoms with van der Waals surface area (Å²) in [5, 5.41) is 12.0. The van der Waals surface area contributed by atoms with Crippen LogP contribution < -0.4 is 10.6 Å². The highest BCUT2D eigenvalue weighted by molar-refractivity contribution is 5.90. The van der Waals surface area contributed by atoms with E-state index in [2.05, 4.69) is 56.7 Å². The average molecular weight is 345 g/mol. The molecule has 0 spiro atoms. The molecule has 0 aliphatic carbocycles. The molecule has 4 aromatic rings. The molecule has 0 atom stereocenters. The SMILES string of the molecule is Cc1cccc(C)c1Nc1nn(C)c2nc(Nc3cccnc3)ncc12. The van der Waals surface area contributed by atoms with E-state index in [4.69, 9.17) is 0 Å². The Morgan fingerprint density at radius 1 is 0.962 bits per heavy atom. The van der Waals surface area contributed by atoms with Crippen molar-refractivity contribution in [2.75, 3.05) is 10.6 Å². The number of hydrogen-bond donors (Lipinski definition) is 2. The molecule has 7 heteroatoms. The van der Waals surface area contributed by atoms with Gasteiger partial charge in [0.05, 0.1) is 17.3 Å². The van der Waals surface area contributed by atoms with Crippen molar-refractivity contribution in [2.24, 2.45) is 7.05 Å². The normalized spacial score (nSPS) is 10.9. The first-order chi connectivity index (χ1) is 12.6. The van der Waals surface area contributed by atoms with Gasteiger partial charge >= 0.3 is 0 Å². The zero-order valence-corrected chi connectivity index (χ0v) is 14.9. The molecule has 0 unspecified atom stereocenters. The lowest BCUT2D eigenvalue weighted by Gasteiger charge is -2.10. The number of benzene rings is 1. The maximum Gasteiger partial charge on any atom is 0.229 e. The summed E-state index contributed by atoms with van der Waals surface area (Å²) in [5.74, 6) is 1.25. The molecule has 3 aromatic heterocycles. The molecule has 0 aliphatic heterocycles. The second kappa shape index (κ2) is 6.44. The monoisotopic (exact) mass is 345 g/mol. The van der Waals surface area contributed by atoms with E-state index in [-0.39, 0.29) is 0 Å². The van der Waals surface area contributed by atoms with Crippen molar-refractivity contribution in [3.8, 4) is 0 Å². The molecule has 0 saturated carbocycles. The number of rotatable bonds is 4. The minimum absolute atomic E-state index is 0.507. The van der Waals surface area contributed by atoms with Gasteiger partial charge in [0.2, 0.25) is 5.95 Å². The van der Waals surface area contributed by atoms with E-state index in [0.29, 0.717) is 5.95 Å². The van der Waals surface area contributed by atoms with Crippen LogP contribution in [0.5, 0.6) is 0 Å². The predicted molar refractivity (Wildman–Crippen MR) is 103 cm³/mol. The molecule has 0 saturated heterocycles. The highest BCUT2D eigenvalue weighted by Gasteiger charge is 2.13. The van der Waals surface area contributed by atoms with Crippen LogP contribution in [0.2, 0.25) is 0 Å². The van der Waals surface area contributed by atoms with Gasteiger partial charge in [-0.25, -0.2) is 9.67 Å². The van der Waals surface area contributed by atoms with E-state index >= 15 is 0 Å². The van der Waals surface area contributed by atoms with Crippen molar-refractivity contribution in [1.29, 1.82) is 0 Å². The second-order valence-electron chi connectivity index (χ2n) is 6.16. The Bertz CT molecular complexity index is 1050. The standard InChI is InChI=1S/C19H19N7/c1-12-6-4-7-13(2)16(12)23-17-15-11-21-19(24-18(15)26(3)25-17)22-14-8-5-9-20-10-14/h4-11H,1-3H3,(H,23,25)(H,21,22,24). The van der Waals surface area contributed by atoms with E-state index in [9.17, 15) is 0 Å². The van der Waals surface area contributed by atoms with Gasteiger partial charge in [-0.2, -0.15) is 10.1 Å². The number of pyridine rings is 1. The fourth-order valence-corrected chi connectivity index (χ4v) is 2.89. The molecule has 3 heterocycles. The molecule has 130 valence electrons. The maximum absolute atomic E-state index is 4.59. The number of para-hydroxylation sites is 1. The van der Waals surface area contributed by atoms with E-state index in [1.54, 1.807) is 23.3 Å². The third kappa shape index (κ3) is 2.95. The minimum Gasteiger partial charge on any atom is -0.338 e. The fourth-order valence-electron chi connectivity index (χ4n) is 2.89. The van der Waals surface area contributed by atoms with Crippen molar-refractivity contribution in [2.45, 2.75) is 13.8 Å². The zero-order valence-electron chi connectivity index (χ0n) is 14.9. The van der Waals surface area contributed by atoms with Crippen LogP contribution in [0.1, 0.15) is 11.1 Å². The van der Waals surface area contributed by atoms with Gasteiger partial charge in [-0.1, -0.05) is 18.2 Å². The summed E-state index contributed by atoms with van der Waals surface area (Å²) >= 11 is 0. The third-order valence-corrected chi connectivity index (χ3v) is 4.22. The summed E-state index contributed by atoms with van der Waals surface area (Å²) in [6.45, 7) is 4.15. The zero-order chi connectivity index (χ0) is 18.1. The summed E-state index contributed by atoms with van der Waals surface area (Å²) < 4.78 is 1.75. The van der Waals surface area contributed by atoms with Crippen molar-refractivity contribution < 1.29 is 0 Å². The molecule has 7 nitrogen and oxygen atoms in total. The Morgan fingerprint density at radius 3 is 2.50 bits per heavy atom. The number of aryl methyl sites for hydroxylation is 3. The van der Waals surface area contributed by atoms with E-state index < -0.39 is 0 Å². The van der Waals surface area contributed by atoms with Gasteiger partial charge in [-0.15, -0.1) is 0 Å². The summed E-state index contributed by atoms with van der Waals surface area (Å²) in [5.41, 5.74) is 4.98.